The van der Waals surface area contributed by atoms with Crippen LogP contribution in [0.1, 0.15) is 46.5 Å². The van der Waals surface area contributed by atoms with Crippen LogP contribution >= 0.6 is 11.6 Å². The molecular formula is C18H29ClN8O3. The summed E-state index contributed by atoms with van der Waals surface area (Å²) in [6.45, 7) is 5.90. The molecule has 0 fully saturated rings. The summed E-state index contributed by atoms with van der Waals surface area (Å²) < 4.78 is 0. The molecule has 0 saturated heterocycles. The molecule has 3 amide bonds. The Morgan fingerprint density at radius 3 is 2.50 bits per heavy atom. The molecule has 0 aliphatic carbocycles. The van der Waals surface area contributed by atoms with Crippen LogP contribution in [0.2, 0.25) is 5.28 Å². The maximum atomic E-state index is 12.8. The van der Waals surface area contributed by atoms with E-state index in [1.165, 1.54) is 0 Å². The predicted molar refractivity (Wildman–Crippen MR) is 113 cm³/mol. The second kappa shape index (κ2) is 10.9. The van der Waals surface area contributed by atoms with Gasteiger partial charge in [0.25, 0.3) is 0 Å². The number of carbonyl (C=O) groups excluding carboxylic acids is 3. The van der Waals surface area contributed by atoms with Gasteiger partial charge in [-0.1, -0.05) is 20.3 Å². The van der Waals surface area contributed by atoms with Crippen molar-refractivity contribution >= 4 is 41.2 Å². The van der Waals surface area contributed by atoms with Crippen LogP contribution < -0.4 is 27.0 Å². The van der Waals surface area contributed by atoms with Gasteiger partial charge in [-0.05, 0) is 43.7 Å². The van der Waals surface area contributed by atoms with E-state index in [2.05, 4.69) is 36.2 Å². The fourth-order valence-corrected chi connectivity index (χ4v) is 3.11. The van der Waals surface area contributed by atoms with Crippen molar-refractivity contribution in [1.82, 2.24) is 25.6 Å². The number of fused-ring (bicyclic) bond motifs is 2. The van der Waals surface area contributed by atoms with Crippen LogP contribution in [0.3, 0.4) is 0 Å². The Kier molecular flexibility index (Phi) is 8.58. The second-order valence-electron chi connectivity index (χ2n) is 7.38. The zero-order chi connectivity index (χ0) is 22.3. The summed E-state index contributed by atoms with van der Waals surface area (Å²) in [6, 6.07) is -2.39. The molecule has 1 aromatic rings. The van der Waals surface area contributed by atoms with Gasteiger partial charge in [-0.3, -0.25) is 14.4 Å². The Labute approximate surface area is 180 Å². The van der Waals surface area contributed by atoms with Gasteiger partial charge in [-0.2, -0.15) is 15.0 Å². The molecule has 11 nitrogen and oxygen atoms in total. The number of nitrogens with one attached hydrogen (secondary N) is 4. The van der Waals surface area contributed by atoms with Crippen LogP contribution in [-0.4, -0.2) is 57.3 Å². The van der Waals surface area contributed by atoms with Gasteiger partial charge in [0.15, 0.2) is 0 Å². The van der Waals surface area contributed by atoms with E-state index >= 15 is 0 Å². The molecule has 0 unspecified atom stereocenters. The number of carbonyl (C=O) groups is 3. The van der Waals surface area contributed by atoms with Crippen LogP contribution in [0, 0.1) is 5.92 Å². The van der Waals surface area contributed by atoms with E-state index in [0.29, 0.717) is 32.2 Å². The molecule has 2 bridgehead atoms. The van der Waals surface area contributed by atoms with Gasteiger partial charge in [0.1, 0.15) is 18.1 Å². The average Bonchev–Trinajstić information content (AvgIpc) is 2.68. The molecule has 1 aliphatic heterocycles. The van der Waals surface area contributed by atoms with Crippen molar-refractivity contribution in [2.45, 2.75) is 64.6 Å². The lowest BCUT2D eigenvalue weighted by Crippen LogP contribution is -2.56. The minimum Gasteiger partial charge on any atom is -0.368 e. The first kappa shape index (κ1) is 23.6. The SMILES string of the molecule is CC[C@H](C)[C@@H]1NC(=O)[C@H](C)Nc2nc(Cl)nc(n2)NCCCC[C@H](C(N)=O)NC1=O. The Hall–Kier alpha value is -2.69. The Morgan fingerprint density at radius 1 is 1.13 bits per heavy atom. The van der Waals surface area contributed by atoms with Gasteiger partial charge >= 0.3 is 0 Å². The molecule has 6 N–H and O–H groups in total. The topological polar surface area (TPSA) is 164 Å². The van der Waals surface area contributed by atoms with Gasteiger partial charge in [-0.25, -0.2) is 0 Å². The fourth-order valence-electron chi connectivity index (χ4n) is 2.95. The number of rotatable bonds is 3. The second-order valence-corrected chi connectivity index (χ2v) is 7.71. The van der Waals surface area contributed by atoms with Crippen molar-refractivity contribution in [3.05, 3.63) is 5.28 Å². The molecule has 2 heterocycles. The van der Waals surface area contributed by atoms with E-state index in [1.807, 2.05) is 13.8 Å². The highest BCUT2D eigenvalue weighted by Gasteiger charge is 2.30. The predicted octanol–water partition coefficient (Wildman–Crippen LogP) is 0.422. The smallest absolute Gasteiger partial charge is 0.243 e. The van der Waals surface area contributed by atoms with E-state index in [4.69, 9.17) is 17.3 Å². The number of amides is 3. The van der Waals surface area contributed by atoms with E-state index in [9.17, 15) is 14.4 Å². The van der Waals surface area contributed by atoms with Gasteiger partial charge in [0.2, 0.25) is 34.9 Å². The molecule has 30 heavy (non-hydrogen) atoms. The van der Waals surface area contributed by atoms with Gasteiger partial charge in [0, 0.05) is 6.54 Å². The number of hydrogen-bond acceptors (Lipinski definition) is 8. The first-order valence-electron chi connectivity index (χ1n) is 10.0. The number of hydrogen-bond donors (Lipinski definition) is 5. The summed E-state index contributed by atoms with van der Waals surface area (Å²) in [5.41, 5.74) is 5.47. The normalized spacial score (nSPS) is 24.6. The maximum absolute atomic E-state index is 12.8. The number of anilines is 2. The summed E-state index contributed by atoms with van der Waals surface area (Å²) in [4.78, 5) is 49.6. The molecule has 2 rings (SSSR count). The molecule has 1 aromatic heterocycles. The first-order valence-corrected chi connectivity index (χ1v) is 10.4. The molecule has 0 saturated carbocycles. The number of primary amides is 1. The zero-order valence-electron chi connectivity index (χ0n) is 17.4. The average molecular weight is 441 g/mol. The zero-order valence-corrected chi connectivity index (χ0v) is 18.1. The van der Waals surface area contributed by atoms with Crippen molar-refractivity contribution in [3.63, 3.8) is 0 Å². The van der Waals surface area contributed by atoms with Crippen LogP contribution in [0.4, 0.5) is 11.9 Å². The molecule has 12 heteroatoms. The molecule has 0 radical (unpaired) electrons. The first-order chi connectivity index (χ1) is 14.2. The summed E-state index contributed by atoms with van der Waals surface area (Å²) in [5, 5.41) is 11.3. The molecule has 4 atom stereocenters. The van der Waals surface area contributed by atoms with E-state index < -0.39 is 35.8 Å². The Morgan fingerprint density at radius 2 is 1.83 bits per heavy atom. The van der Waals surface area contributed by atoms with E-state index in [-0.39, 0.29) is 23.1 Å². The molecule has 0 spiro atoms. The third-order valence-corrected chi connectivity index (χ3v) is 5.17. The van der Waals surface area contributed by atoms with Crippen molar-refractivity contribution in [2.75, 3.05) is 17.2 Å². The number of aromatic nitrogens is 3. The summed E-state index contributed by atoms with van der Waals surface area (Å²) in [7, 11) is 0. The van der Waals surface area contributed by atoms with Crippen molar-refractivity contribution in [3.8, 4) is 0 Å². The highest BCUT2D eigenvalue weighted by Crippen LogP contribution is 2.13. The highest BCUT2D eigenvalue weighted by atomic mass is 35.5. The van der Waals surface area contributed by atoms with Crippen molar-refractivity contribution in [1.29, 1.82) is 0 Å². The Bertz CT molecular complexity index is 778. The van der Waals surface area contributed by atoms with Crippen LogP contribution in [-0.2, 0) is 14.4 Å². The quantitative estimate of drug-likeness (QED) is 0.451. The van der Waals surface area contributed by atoms with Crippen LogP contribution in [0.25, 0.3) is 0 Å². The van der Waals surface area contributed by atoms with Crippen LogP contribution in [0.15, 0.2) is 0 Å². The van der Waals surface area contributed by atoms with Gasteiger partial charge < -0.3 is 27.0 Å². The van der Waals surface area contributed by atoms with Gasteiger partial charge in [0.05, 0.1) is 0 Å². The number of nitrogens with zero attached hydrogens (tertiary/aromatic N) is 3. The third-order valence-electron chi connectivity index (χ3n) is 5.00. The third kappa shape index (κ3) is 6.68. The summed E-state index contributed by atoms with van der Waals surface area (Å²) >= 11 is 5.96. The lowest BCUT2D eigenvalue weighted by atomic mass is 9.97. The molecule has 0 aromatic carbocycles. The van der Waals surface area contributed by atoms with E-state index in [0.717, 1.165) is 0 Å². The summed E-state index contributed by atoms with van der Waals surface area (Å²) in [6.07, 6.45) is 2.35. The number of halogens is 1. The Balaban J connectivity index is 2.30. The fraction of sp³-hybridized carbons (Fsp3) is 0.667. The maximum Gasteiger partial charge on any atom is 0.243 e. The van der Waals surface area contributed by atoms with Crippen molar-refractivity contribution < 1.29 is 14.4 Å². The molecular weight excluding hydrogens is 412 g/mol. The minimum atomic E-state index is -0.819. The van der Waals surface area contributed by atoms with Gasteiger partial charge in [-0.15, -0.1) is 0 Å². The molecule has 1 aliphatic rings. The molecule has 166 valence electrons. The summed E-state index contributed by atoms with van der Waals surface area (Å²) in [5.74, 6) is -1.22. The number of nitrogens with two attached hydrogens (primary N) is 1. The van der Waals surface area contributed by atoms with Crippen LogP contribution in [0.5, 0.6) is 0 Å². The van der Waals surface area contributed by atoms with E-state index in [1.54, 1.807) is 6.92 Å². The lowest BCUT2D eigenvalue weighted by molar-refractivity contribution is -0.132. The highest BCUT2D eigenvalue weighted by molar-refractivity contribution is 6.28. The standard InChI is InChI=1S/C18H29ClN8O3/c1-4-9(2)12-15(30)23-11(13(20)28)7-5-6-8-21-17-25-16(19)26-18(27-17)22-10(3)14(29)24-12/h9-12H,4-8H2,1-3H3,(H2,20,28)(H,23,30)(H,24,29)(H2,21,22,25,26,27)/t9-,10-,11+,12-/m0/s1. The lowest BCUT2D eigenvalue weighted by Gasteiger charge is -2.27. The monoisotopic (exact) mass is 440 g/mol. The van der Waals surface area contributed by atoms with Crippen molar-refractivity contribution in [2.24, 2.45) is 11.7 Å². The largest absolute Gasteiger partial charge is 0.368 e. The minimum absolute atomic E-state index is 0.0191.